The van der Waals surface area contributed by atoms with Gasteiger partial charge in [-0.3, -0.25) is 9.48 Å². The van der Waals surface area contributed by atoms with Crippen molar-refractivity contribution in [3.05, 3.63) is 71.0 Å². The van der Waals surface area contributed by atoms with Gasteiger partial charge in [-0.2, -0.15) is 5.10 Å². The van der Waals surface area contributed by atoms with Gasteiger partial charge in [-0.05, 0) is 37.1 Å². The molecule has 1 amide bonds. The van der Waals surface area contributed by atoms with Crippen molar-refractivity contribution in [1.29, 1.82) is 0 Å². The highest BCUT2D eigenvalue weighted by molar-refractivity contribution is 6.01. The molecule has 0 aliphatic carbocycles. The molecule has 1 aliphatic heterocycles. The number of carbonyl (C=O) groups excluding carboxylic acids is 1. The van der Waals surface area contributed by atoms with Gasteiger partial charge in [0.15, 0.2) is 0 Å². The summed E-state index contributed by atoms with van der Waals surface area (Å²) < 4.78 is 7.33. The maximum Gasteiger partial charge on any atom is 0.270 e. The lowest BCUT2D eigenvalue weighted by Crippen LogP contribution is -2.34. The summed E-state index contributed by atoms with van der Waals surface area (Å²) >= 11 is 0. The summed E-state index contributed by atoms with van der Waals surface area (Å²) in [5.41, 5.74) is 7.20. The van der Waals surface area contributed by atoms with Gasteiger partial charge >= 0.3 is 0 Å². The van der Waals surface area contributed by atoms with Crippen molar-refractivity contribution in [3.63, 3.8) is 0 Å². The Labute approximate surface area is 181 Å². The van der Waals surface area contributed by atoms with E-state index in [-0.39, 0.29) is 5.91 Å². The molecular weight excluding hydrogens is 388 g/mol. The zero-order valence-electron chi connectivity index (χ0n) is 18.1. The van der Waals surface area contributed by atoms with E-state index >= 15 is 0 Å². The monoisotopic (exact) mass is 414 g/mol. The van der Waals surface area contributed by atoms with Crippen LogP contribution in [0.25, 0.3) is 22.2 Å². The van der Waals surface area contributed by atoms with Crippen molar-refractivity contribution in [1.82, 2.24) is 19.7 Å². The van der Waals surface area contributed by atoms with Gasteiger partial charge in [0.05, 0.1) is 12.8 Å². The maximum atomic E-state index is 13.5. The van der Waals surface area contributed by atoms with E-state index in [4.69, 9.17) is 9.84 Å². The summed E-state index contributed by atoms with van der Waals surface area (Å²) in [5, 5.41) is 5.81. The number of fused-ring (bicyclic) bond motifs is 2. The predicted molar refractivity (Wildman–Crippen MR) is 122 cm³/mol. The number of ether oxygens (including phenoxy) is 1. The quantitative estimate of drug-likeness (QED) is 0.548. The smallest absolute Gasteiger partial charge is 0.270 e. The lowest BCUT2D eigenvalue weighted by molar-refractivity contribution is 0.0757. The molecule has 5 rings (SSSR count). The van der Waals surface area contributed by atoms with E-state index in [1.165, 1.54) is 11.3 Å². The lowest BCUT2D eigenvalue weighted by atomic mass is 10.0. The van der Waals surface area contributed by atoms with Gasteiger partial charge < -0.3 is 14.6 Å². The summed E-state index contributed by atoms with van der Waals surface area (Å²) in [5.74, 6) is 0.842. The number of nitrogens with one attached hydrogen (secondary N) is 1. The van der Waals surface area contributed by atoms with Crippen LogP contribution >= 0.6 is 0 Å². The van der Waals surface area contributed by atoms with Gasteiger partial charge in [0.1, 0.15) is 11.4 Å². The van der Waals surface area contributed by atoms with Gasteiger partial charge in [0, 0.05) is 54.3 Å². The second-order valence-corrected chi connectivity index (χ2v) is 8.09. The van der Waals surface area contributed by atoms with Crippen LogP contribution in [0.4, 0.5) is 0 Å². The number of H-pyrrole nitrogens is 1. The van der Waals surface area contributed by atoms with Crippen molar-refractivity contribution in [2.45, 2.75) is 19.8 Å². The number of aromatic amines is 1. The SMILES string of the molecule is COc1ccc2[nH]c(C(=O)N3CCc4c(-c5ccccc5)nn(C)c4CC3)c(C)c2c1. The third kappa shape index (κ3) is 3.28. The molecule has 0 saturated carbocycles. The molecule has 6 heteroatoms. The van der Waals surface area contributed by atoms with Crippen LogP contribution in [0.5, 0.6) is 5.75 Å². The Hall–Kier alpha value is -3.54. The van der Waals surface area contributed by atoms with E-state index in [0.29, 0.717) is 18.8 Å². The minimum absolute atomic E-state index is 0.0506. The number of aromatic nitrogens is 3. The van der Waals surface area contributed by atoms with Crippen LogP contribution in [-0.4, -0.2) is 45.8 Å². The highest BCUT2D eigenvalue weighted by atomic mass is 16.5. The number of methoxy groups -OCH3 is 1. The lowest BCUT2D eigenvalue weighted by Gasteiger charge is -2.20. The average Bonchev–Trinajstić information content (AvgIpc) is 3.19. The molecule has 0 unspecified atom stereocenters. The Morgan fingerprint density at radius 1 is 1.10 bits per heavy atom. The van der Waals surface area contributed by atoms with E-state index in [0.717, 1.165) is 46.3 Å². The largest absolute Gasteiger partial charge is 0.497 e. The Kier molecular flexibility index (Phi) is 4.77. The minimum Gasteiger partial charge on any atom is -0.497 e. The normalized spacial score (nSPS) is 13.8. The van der Waals surface area contributed by atoms with Crippen molar-refractivity contribution in [2.75, 3.05) is 20.2 Å². The highest BCUT2D eigenvalue weighted by Gasteiger charge is 2.27. The number of benzene rings is 2. The van der Waals surface area contributed by atoms with Crippen LogP contribution in [-0.2, 0) is 19.9 Å². The van der Waals surface area contributed by atoms with Gasteiger partial charge in [-0.1, -0.05) is 30.3 Å². The van der Waals surface area contributed by atoms with Crippen LogP contribution in [0.1, 0.15) is 27.3 Å². The molecule has 1 N–H and O–H groups in total. The van der Waals surface area contributed by atoms with E-state index in [2.05, 4.69) is 17.1 Å². The summed E-state index contributed by atoms with van der Waals surface area (Å²) in [7, 11) is 3.65. The third-order valence-corrected chi connectivity index (χ3v) is 6.34. The van der Waals surface area contributed by atoms with E-state index < -0.39 is 0 Å². The topological polar surface area (TPSA) is 63.2 Å². The van der Waals surface area contributed by atoms with Crippen molar-refractivity contribution in [3.8, 4) is 17.0 Å². The predicted octanol–water partition coefficient (Wildman–Crippen LogP) is 4.13. The maximum absolute atomic E-state index is 13.5. The standard InChI is InChI=1S/C25H26N4O2/c1-16-20-15-18(31-3)9-10-21(20)26-23(16)25(30)29-13-11-19-22(12-14-29)28(2)27-24(19)17-7-5-4-6-8-17/h4-10,15,26H,11-14H2,1-3H3. The number of rotatable bonds is 3. The fourth-order valence-corrected chi connectivity index (χ4v) is 4.61. The summed E-state index contributed by atoms with van der Waals surface area (Å²) in [6, 6.07) is 16.1. The molecule has 1 aliphatic rings. The Morgan fingerprint density at radius 2 is 1.87 bits per heavy atom. The third-order valence-electron chi connectivity index (χ3n) is 6.34. The number of hydrogen-bond donors (Lipinski definition) is 1. The fourth-order valence-electron chi connectivity index (χ4n) is 4.61. The van der Waals surface area contributed by atoms with Crippen molar-refractivity contribution < 1.29 is 9.53 Å². The second-order valence-electron chi connectivity index (χ2n) is 8.09. The Bertz CT molecular complexity index is 1270. The second kappa shape index (κ2) is 7.61. The molecule has 2 aromatic heterocycles. The summed E-state index contributed by atoms with van der Waals surface area (Å²) in [4.78, 5) is 18.7. The first-order valence-electron chi connectivity index (χ1n) is 10.6. The average molecular weight is 415 g/mol. The fraction of sp³-hybridized carbons (Fsp3) is 0.280. The minimum atomic E-state index is 0.0506. The van der Waals surface area contributed by atoms with Crippen molar-refractivity contribution >= 4 is 16.8 Å². The number of hydrogen-bond acceptors (Lipinski definition) is 3. The van der Waals surface area contributed by atoms with Crippen LogP contribution < -0.4 is 4.74 Å². The molecule has 0 fully saturated rings. The number of nitrogens with zero attached hydrogens (tertiary/aromatic N) is 3. The molecule has 6 nitrogen and oxygen atoms in total. The summed E-state index contributed by atoms with van der Waals surface area (Å²) in [6.45, 7) is 3.35. The van der Waals surface area contributed by atoms with Crippen molar-refractivity contribution in [2.24, 2.45) is 7.05 Å². The van der Waals surface area contributed by atoms with Crippen LogP contribution in [0.2, 0.25) is 0 Å². The molecule has 0 radical (unpaired) electrons. The molecule has 0 saturated heterocycles. The molecule has 31 heavy (non-hydrogen) atoms. The van der Waals surface area contributed by atoms with E-state index in [9.17, 15) is 4.79 Å². The van der Waals surface area contributed by atoms with E-state index in [1.54, 1.807) is 7.11 Å². The van der Waals surface area contributed by atoms with Crippen LogP contribution in [0.15, 0.2) is 48.5 Å². The first-order valence-corrected chi connectivity index (χ1v) is 10.6. The van der Waals surface area contributed by atoms with Gasteiger partial charge in [0.25, 0.3) is 5.91 Å². The number of aryl methyl sites for hydroxylation is 2. The van der Waals surface area contributed by atoms with Gasteiger partial charge in [-0.15, -0.1) is 0 Å². The van der Waals surface area contributed by atoms with Crippen LogP contribution in [0.3, 0.4) is 0 Å². The molecule has 158 valence electrons. The number of amides is 1. The number of carbonyl (C=O) groups is 1. The van der Waals surface area contributed by atoms with Crippen LogP contribution in [0, 0.1) is 6.92 Å². The Morgan fingerprint density at radius 3 is 2.65 bits per heavy atom. The zero-order valence-corrected chi connectivity index (χ0v) is 18.1. The molecule has 4 aromatic rings. The first kappa shape index (κ1) is 19.4. The molecular formula is C25H26N4O2. The van der Waals surface area contributed by atoms with Gasteiger partial charge in [-0.25, -0.2) is 0 Å². The molecule has 3 heterocycles. The summed E-state index contributed by atoms with van der Waals surface area (Å²) in [6.07, 6.45) is 1.59. The van der Waals surface area contributed by atoms with E-state index in [1.807, 2.05) is 60.0 Å². The molecule has 2 aromatic carbocycles. The molecule has 0 bridgehead atoms. The molecule has 0 atom stereocenters. The first-order chi connectivity index (χ1) is 15.1. The highest BCUT2D eigenvalue weighted by Crippen LogP contribution is 2.30. The van der Waals surface area contributed by atoms with Gasteiger partial charge in [0.2, 0.25) is 0 Å². The Balaban J connectivity index is 1.44. The molecule has 0 spiro atoms. The zero-order chi connectivity index (χ0) is 21.5.